The van der Waals surface area contributed by atoms with Crippen molar-refractivity contribution in [2.75, 3.05) is 0 Å². The maximum absolute atomic E-state index is 5.99. The SMILES string of the molecule is CC1=Cc2sccc2C1O[SiH](C)C.[Cl-].[Cl-].[Zr+2]. The predicted molar refractivity (Wildman–Crippen MR) is 60.7 cm³/mol. The van der Waals surface area contributed by atoms with Crippen molar-refractivity contribution in [3.05, 3.63) is 27.5 Å². The van der Waals surface area contributed by atoms with Crippen LogP contribution in [0.15, 0.2) is 17.0 Å². The van der Waals surface area contributed by atoms with Gasteiger partial charge in [-0.15, -0.1) is 11.3 Å². The summed E-state index contributed by atoms with van der Waals surface area (Å²) in [7, 11) is -0.932. The zero-order valence-corrected chi connectivity index (χ0v) is 15.4. The first-order chi connectivity index (χ1) is 6.18. The van der Waals surface area contributed by atoms with Crippen LogP contribution in [-0.4, -0.2) is 9.04 Å². The molecule has 16 heavy (non-hydrogen) atoms. The fraction of sp³-hybridized carbons (Fsp3) is 0.400. The summed E-state index contributed by atoms with van der Waals surface area (Å²) in [5, 5.41) is 2.14. The summed E-state index contributed by atoms with van der Waals surface area (Å²) in [5.41, 5.74) is 2.74. The molecule has 0 saturated carbocycles. The number of hydrogen-bond donors (Lipinski definition) is 0. The number of fused-ring (bicyclic) bond motifs is 1. The molecule has 0 aromatic carbocycles. The summed E-state index contributed by atoms with van der Waals surface area (Å²) in [6, 6.07) is 2.19. The van der Waals surface area contributed by atoms with Gasteiger partial charge in [-0.05, 0) is 43.1 Å². The van der Waals surface area contributed by atoms with E-state index in [1.807, 2.05) is 0 Å². The summed E-state index contributed by atoms with van der Waals surface area (Å²) in [4.78, 5) is 1.39. The molecule has 1 aromatic heterocycles. The van der Waals surface area contributed by atoms with Crippen LogP contribution in [0.3, 0.4) is 0 Å². The van der Waals surface area contributed by atoms with Gasteiger partial charge in [0.15, 0.2) is 9.04 Å². The monoisotopic (exact) mass is 370 g/mol. The fourth-order valence-electron chi connectivity index (χ4n) is 1.65. The van der Waals surface area contributed by atoms with Gasteiger partial charge in [-0.25, -0.2) is 0 Å². The largest absolute Gasteiger partial charge is 2.00 e. The van der Waals surface area contributed by atoms with Crippen LogP contribution in [0.25, 0.3) is 6.08 Å². The average molecular weight is 373 g/mol. The van der Waals surface area contributed by atoms with Crippen molar-refractivity contribution in [2.24, 2.45) is 0 Å². The van der Waals surface area contributed by atoms with E-state index in [-0.39, 0.29) is 57.1 Å². The maximum Gasteiger partial charge on any atom is 2.00 e. The van der Waals surface area contributed by atoms with E-state index in [1.54, 1.807) is 11.3 Å². The van der Waals surface area contributed by atoms with E-state index >= 15 is 0 Å². The molecule has 0 fully saturated rings. The Hall–Kier alpha value is 1.08. The Morgan fingerprint density at radius 3 is 2.50 bits per heavy atom. The molecule has 6 heteroatoms. The van der Waals surface area contributed by atoms with Gasteiger partial charge in [0.25, 0.3) is 0 Å². The molecule has 1 heterocycles. The first-order valence-electron chi connectivity index (χ1n) is 4.59. The maximum atomic E-state index is 5.99. The Labute approximate surface area is 134 Å². The number of halogens is 2. The van der Waals surface area contributed by atoms with Gasteiger partial charge in [-0.2, -0.15) is 0 Å². The third-order valence-electron chi connectivity index (χ3n) is 2.19. The molecule has 0 N–H and O–H groups in total. The molecule has 2 rings (SSSR count). The van der Waals surface area contributed by atoms with Crippen LogP contribution in [0.2, 0.25) is 13.1 Å². The summed E-state index contributed by atoms with van der Waals surface area (Å²) in [6.07, 6.45) is 2.52. The molecule has 1 aliphatic rings. The van der Waals surface area contributed by atoms with Crippen LogP contribution >= 0.6 is 11.3 Å². The van der Waals surface area contributed by atoms with Crippen molar-refractivity contribution in [2.45, 2.75) is 26.1 Å². The number of rotatable bonds is 2. The Morgan fingerprint density at radius 2 is 1.94 bits per heavy atom. The third kappa shape index (κ3) is 4.08. The standard InChI is InChI=1S/C10H14OSSi.2ClH.Zr/c1-7-6-9-8(4-5-12-9)10(7)11-13(2)3;;;/h4-6,10,13H,1-3H3;2*1H;/q;;;+2/p-2. The first-order valence-corrected chi connectivity index (χ1v) is 8.25. The molecule has 88 valence electrons. The molecular formula is C10H14Cl2OSSiZr. The van der Waals surface area contributed by atoms with Gasteiger partial charge in [0.2, 0.25) is 0 Å². The Morgan fingerprint density at radius 1 is 1.31 bits per heavy atom. The molecule has 1 nitrogen and oxygen atoms in total. The molecule has 0 amide bonds. The average Bonchev–Trinajstić information content (AvgIpc) is 2.55. The van der Waals surface area contributed by atoms with Crippen LogP contribution < -0.4 is 24.8 Å². The van der Waals surface area contributed by atoms with Crippen molar-refractivity contribution in [1.29, 1.82) is 0 Å². The molecule has 1 aromatic rings. The molecule has 1 aliphatic carbocycles. The predicted octanol–water partition coefficient (Wildman–Crippen LogP) is -2.79. The minimum absolute atomic E-state index is 0. The topological polar surface area (TPSA) is 9.23 Å². The molecule has 0 saturated heterocycles. The second kappa shape index (κ2) is 8.23. The van der Waals surface area contributed by atoms with Gasteiger partial charge in [-0.1, -0.05) is 0 Å². The van der Waals surface area contributed by atoms with E-state index in [9.17, 15) is 0 Å². The van der Waals surface area contributed by atoms with E-state index in [1.165, 1.54) is 16.0 Å². The number of hydrogen-bond acceptors (Lipinski definition) is 2. The molecule has 0 spiro atoms. The molecule has 0 bridgehead atoms. The molecular weight excluding hydrogens is 358 g/mol. The molecule has 0 radical (unpaired) electrons. The van der Waals surface area contributed by atoms with Crippen LogP contribution in [-0.2, 0) is 30.6 Å². The summed E-state index contributed by atoms with van der Waals surface area (Å²) < 4.78 is 5.99. The summed E-state index contributed by atoms with van der Waals surface area (Å²) in [6.45, 7) is 6.60. The zero-order valence-electron chi connectivity index (χ0n) is 9.46. The van der Waals surface area contributed by atoms with E-state index in [4.69, 9.17) is 4.43 Å². The Bertz CT molecular complexity index is 354. The fourth-order valence-corrected chi connectivity index (χ4v) is 3.48. The van der Waals surface area contributed by atoms with Crippen molar-refractivity contribution >= 4 is 26.5 Å². The minimum atomic E-state index is -0.932. The van der Waals surface area contributed by atoms with Crippen molar-refractivity contribution in [3.63, 3.8) is 0 Å². The quantitative estimate of drug-likeness (QED) is 0.510. The second-order valence-corrected chi connectivity index (χ2v) is 7.01. The van der Waals surface area contributed by atoms with Crippen LogP contribution in [0.5, 0.6) is 0 Å². The Balaban J connectivity index is 0. The summed E-state index contributed by atoms with van der Waals surface area (Å²) >= 11 is 1.81. The molecule has 1 unspecified atom stereocenters. The second-order valence-electron chi connectivity index (χ2n) is 3.69. The van der Waals surface area contributed by atoms with Crippen molar-refractivity contribution in [3.8, 4) is 0 Å². The normalized spacial score (nSPS) is 16.8. The van der Waals surface area contributed by atoms with Gasteiger partial charge in [0.05, 0.1) is 6.10 Å². The van der Waals surface area contributed by atoms with E-state index in [0.29, 0.717) is 0 Å². The summed E-state index contributed by atoms with van der Waals surface area (Å²) in [5.74, 6) is 0. The van der Waals surface area contributed by atoms with Gasteiger partial charge < -0.3 is 29.2 Å². The smallest absolute Gasteiger partial charge is 1.00 e. The minimum Gasteiger partial charge on any atom is -1.00 e. The van der Waals surface area contributed by atoms with Gasteiger partial charge in [-0.3, -0.25) is 0 Å². The van der Waals surface area contributed by atoms with Crippen LogP contribution in [0, 0.1) is 0 Å². The van der Waals surface area contributed by atoms with E-state index in [0.717, 1.165) is 0 Å². The number of thiophene rings is 1. The molecule has 1 atom stereocenters. The van der Waals surface area contributed by atoms with Gasteiger partial charge in [0, 0.05) is 10.4 Å². The first kappa shape index (κ1) is 19.4. The van der Waals surface area contributed by atoms with Gasteiger partial charge in [0.1, 0.15) is 0 Å². The zero-order chi connectivity index (χ0) is 9.42. The third-order valence-corrected chi connectivity index (χ3v) is 3.89. The van der Waals surface area contributed by atoms with Gasteiger partial charge >= 0.3 is 26.2 Å². The van der Waals surface area contributed by atoms with Crippen LogP contribution in [0.1, 0.15) is 23.5 Å². The van der Waals surface area contributed by atoms with E-state index < -0.39 is 9.04 Å². The van der Waals surface area contributed by atoms with Crippen LogP contribution in [0.4, 0.5) is 0 Å². The van der Waals surface area contributed by atoms with Crippen molar-refractivity contribution in [1.82, 2.24) is 0 Å². The molecule has 0 aliphatic heterocycles. The van der Waals surface area contributed by atoms with Crippen molar-refractivity contribution < 1.29 is 55.4 Å². The van der Waals surface area contributed by atoms with E-state index in [2.05, 4.69) is 37.5 Å². The Kier molecular flexibility index (Phi) is 9.99.